The van der Waals surface area contributed by atoms with Crippen molar-refractivity contribution in [3.8, 4) is 0 Å². The van der Waals surface area contributed by atoms with E-state index >= 15 is 0 Å². The predicted octanol–water partition coefficient (Wildman–Crippen LogP) is 3.60. The van der Waals surface area contributed by atoms with Crippen LogP contribution in [0.15, 0.2) is 48.5 Å². The molecule has 24 heavy (non-hydrogen) atoms. The first kappa shape index (κ1) is 16.2. The van der Waals surface area contributed by atoms with Crippen molar-refractivity contribution in [2.75, 3.05) is 6.54 Å². The van der Waals surface area contributed by atoms with E-state index in [1.54, 1.807) is 24.3 Å². The molecule has 1 atom stereocenters. The van der Waals surface area contributed by atoms with Gasteiger partial charge in [0.1, 0.15) is 0 Å². The molecule has 1 saturated heterocycles. The van der Waals surface area contributed by atoms with Crippen molar-refractivity contribution in [3.05, 3.63) is 70.8 Å². The highest BCUT2D eigenvalue weighted by atomic mass is 16.4. The summed E-state index contributed by atoms with van der Waals surface area (Å²) in [5, 5.41) is 8.94. The SMILES string of the molecule is Cc1cccc(C2CCCN2C(=O)Cc2ccc(C(=O)O)cc2)c1. The number of carboxylic acids is 1. The maximum Gasteiger partial charge on any atom is 0.335 e. The Morgan fingerprint density at radius 3 is 2.58 bits per heavy atom. The van der Waals surface area contributed by atoms with Gasteiger partial charge in [0, 0.05) is 6.54 Å². The van der Waals surface area contributed by atoms with Crippen molar-refractivity contribution in [3.63, 3.8) is 0 Å². The number of amides is 1. The molecule has 1 aliphatic heterocycles. The lowest BCUT2D eigenvalue weighted by atomic mass is 10.0. The second-order valence-electron chi connectivity index (χ2n) is 6.34. The van der Waals surface area contributed by atoms with E-state index in [1.807, 2.05) is 11.0 Å². The molecule has 0 radical (unpaired) electrons. The van der Waals surface area contributed by atoms with Gasteiger partial charge in [0.15, 0.2) is 0 Å². The third-order valence-electron chi connectivity index (χ3n) is 4.56. The van der Waals surface area contributed by atoms with Crippen LogP contribution in [0.5, 0.6) is 0 Å². The molecule has 1 fully saturated rings. The van der Waals surface area contributed by atoms with Crippen molar-refractivity contribution in [1.29, 1.82) is 0 Å². The van der Waals surface area contributed by atoms with E-state index in [0.29, 0.717) is 6.42 Å². The summed E-state index contributed by atoms with van der Waals surface area (Å²) in [6.07, 6.45) is 2.32. The van der Waals surface area contributed by atoms with E-state index in [4.69, 9.17) is 5.11 Å². The van der Waals surface area contributed by atoms with Crippen molar-refractivity contribution in [2.24, 2.45) is 0 Å². The number of carbonyl (C=O) groups excluding carboxylic acids is 1. The molecule has 2 aromatic rings. The quantitative estimate of drug-likeness (QED) is 0.935. The van der Waals surface area contributed by atoms with E-state index in [9.17, 15) is 9.59 Å². The second-order valence-corrected chi connectivity index (χ2v) is 6.34. The molecular weight excluding hydrogens is 302 g/mol. The molecule has 0 spiro atoms. The number of likely N-dealkylation sites (tertiary alicyclic amines) is 1. The number of carboxylic acid groups (broad SMARTS) is 1. The second kappa shape index (κ2) is 6.87. The van der Waals surface area contributed by atoms with Gasteiger partial charge in [0.05, 0.1) is 18.0 Å². The summed E-state index contributed by atoms with van der Waals surface area (Å²) in [6.45, 7) is 2.85. The van der Waals surface area contributed by atoms with Gasteiger partial charge in [0.25, 0.3) is 0 Å². The van der Waals surface area contributed by atoms with Crippen molar-refractivity contribution in [1.82, 2.24) is 4.90 Å². The lowest BCUT2D eigenvalue weighted by Crippen LogP contribution is -2.31. The van der Waals surface area contributed by atoms with E-state index in [-0.39, 0.29) is 17.5 Å². The molecule has 124 valence electrons. The number of aryl methyl sites for hydroxylation is 1. The summed E-state index contributed by atoms with van der Waals surface area (Å²) in [5.74, 6) is -0.853. The highest BCUT2D eigenvalue weighted by Gasteiger charge is 2.29. The molecule has 1 unspecified atom stereocenters. The molecule has 0 aromatic heterocycles. The van der Waals surface area contributed by atoms with Gasteiger partial charge in [-0.3, -0.25) is 4.79 Å². The molecule has 2 aromatic carbocycles. The highest BCUT2D eigenvalue weighted by molar-refractivity contribution is 5.87. The molecule has 0 bridgehead atoms. The van der Waals surface area contributed by atoms with Gasteiger partial charge in [-0.15, -0.1) is 0 Å². The fourth-order valence-corrected chi connectivity index (χ4v) is 3.33. The molecule has 1 heterocycles. The van der Waals surface area contributed by atoms with Gasteiger partial charge >= 0.3 is 5.97 Å². The largest absolute Gasteiger partial charge is 0.478 e. The first-order chi connectivity index (χ1) is 11.5. The fourth-order valence-electron chi connectivity index (χ4n) is 3.33. The summed E-state index contributed by atoms with van der Waals surface area (Å²) >= 11 is 0. The smallest absolute Gasteiger partial charge is 0.335 e. The van der Waals surface area contributed by atoms with Gasteiger partial charge in [-0.25, -0.2) is 4.79 Å². The minimum atomic E-state index is -0.952. The molecule has 1 amide bonds. The first-order valence-electron chi connectivity index (χ1n) is 8.23. The zero-order chi connectivity index (χ0) is 17.1. The van der Waals surface area contributed by atoms with E-state index in [0.717, 1.165) is 24.9 Å². The van der Waals surface area contributed by atoms with Gasteiger partial charge in [-0.2, -0.15) is 0 Å². The van der Waals surface area contributed by atoms with Gasteiger partial charge in [-0.05, 0) is 43.0 Å². The molecule has 0 saturated carbocycles. The monoisotopic (exact) mass is 323 g/mol. The summed E-state index contributed by atoms with van der Waals surface area (Å²) in [6, 6.07) is 15.0. The van der Waals surface area contributed by atoms with E-state index in [1.165, 1.54) is 11.1 Å². The van der Waals surface area contributed by atoms with Crippen molar-refractivity contribution < 1.29 is 14.7 Å². The lowest BCUT2D eigenvalue weighted by molar-refractivity contribution is -0.131. The Hall–Kier alpha value is -2.62. The zero-order valence-corrected chi connectivity index (χ0v) is 13.7. The number of rotatable bonds is 4. The topological polar surface area (TPSA) is 57.6 Å². The maximum absolute atomic E-state index is 12.7. The van der Waals surface area contributed by atoms with Crippen LogP contribution in [0.3, 0.4) is 0 Å². The number of benzene rings is 2. The van der Waals surface area contributed by atoms with Crippen LogP contribution in [0.1, 0.15) is 45.9 Å². The van der Waals surface area contributed by atoms with Crippen LogP contribution in [0.2, 0.25) is 0 Å². The molecule has 1 aliphatic rings. The lowest BCUT2D eigenvalue weighted by Gasteiger charge is -2.25. The predicted molar refractivity (Wildman–Crippen MR) is 92.0 cm³/mol. The minimum Gasteiger partial charge on any atom is -0.478 e. The van der Waals surface area contributed by atoms with Crippen LogP contribution in [0.4, 0.5) is 0 Å². The highest BCUT2D eigenvalue weighted by Crippen LogP contribution is 2.32. The summed E-state index contributed by atoms with van der Waals surface area (Å²) in [5.41, 5.74) is 3.49. The Kier molecular flexibility index (Phi) is 4.65. The fraction of sp³-hybridized carbons (Fsp3) is 0.300. The summed E-state index contributed by atoms with van der Waals surface area (Å²) < 4.78 is 0. The Bertz CT molecular complexity index is 752. The average molecular weight is 323 g/mol. The Morgan fingerprint density at radius 2 is 1.92 bits per heavy atom. The van der Waals surface area contributed by atoms with Gasteiger partial charge < -0.3 is 10.0 Å². The summed E-state index contributed by atoms with van der Waals surface area (Å²) in [7, 11) is 0. The number of carbonyl (C=O) groups is 2. The van der Waals surface area contributed by atoms with Gasteiger partial charge in [-0.1, -0.05) is 42.0 Å². The maximum atomic E-state index is 12.7. The summed E-state index contributed by atoms with van der Waals surface area (Å²) in [4.78, 5) is 25.6. The van der Waals surface area contributed by atoms with Crippen LogP contribution >= 0.6 is 0 Å². The standard InChI is InChI=1S/C20H21NO3/c1-14-4-2-5-17(12-14)18-6-3-11-21(18)19(22)13-15-7-9-16(10-8-15)20(23)24/h2,4-5,7-10,12,18H,3,6,11,13H2,1H3,(H,23,24). The van der Waals surface area contributed by atoms with Gasteiger partial charge in [0.2, 0.25) is 5.91 Å². The Labute approximate surface area is 141 Å². The molecule has 0 aliphatic carbocycles. The zero-order valence-electron chi connectivity index (χ0n) is 13.7. The Balaban J connectivity index is 1.72. The molecule has 4 heteroatoms. The molecule has 3 rings (SSSR count). The van der Waals surface area contributed by atoms with Crippen molar-refractivity contribution >= 4 is 11.9 Å². The van der Waals surface area contributed by atoms with E-state index < -0.39 is 5.97 Å². The average Bonchev–Trinajstić information content (AvgIpc) is 3.05. The normalized spacial score (nSPS) is 17.0. The Morgan fingerprint density at radius 1 is 1.17 bits per heavy atom. The number of nitrogens with zero attached hydrogens (tertiary/aromatic N) is 1. The first-order valence-corrected chi connectivity index (χ1v) is 8.23. The van der Waals surface area contributed by atoms with Crippen LogP contribution < -0.4 is 0 Å². The van der Waals surface area contributed by atoms with Crippen LogP contribution in [0, 0.1) is 6.92 Å². The number of aromatic carboxylic acids is 1. The molecule has 1 N–H and O–H groups in total. The van der Waals surface area contributed by atoms with Crippen LogP contribution in [0.25, 0.3) is 0 Å². The number of hydrogen-bond donors (Lipinski definition) is 1. The molecular formula is C20H21NO3. The van der Waals surface area contributed by atoms with Crippen molar-refractivity contribution in [2.45, 2.75) is 32.2 Å². The number of hydrogen-bond acceptors (Lipinski definition) is 2. The van der Waals surface area contributed by atoms with Crippen LogP contribution in [-0.4, -0.2) is 28.4 Å². The van der Waals surface area contributed by atoms with E-state index in [2.05, 4.69) is 25.1 Å². The van der Waals surface area contributed by atoms with Crippen LogP contribution in [-0.2, 0) is 11.2 Å². The third-order valence-corrected chi connectivity index (χ3v) is 4.56. The minimum absolute atomic E-state index is 0.0991. The third kappa shape index (κ3) is 3.48. The molecule has 4 nitrogen and oxygen atoms in total.